The fraction of sp³-hybridized carbons (Fsp3) is 0.421. The number of nitrogens with zero attached hydrogens (tertiary/aromatic N) is 4. The number of benzene rings is 1. The maximum atomic E-state index is 11.0. The number of nitrogens with two attached hydrogens (primary N) is 1. The number of aliphatic hydroxyl groups excluding tert-OH is 2. The van der Waals surface area contributed by atoms with E-state index in [0.29, 0.717) is 17.6 Å². The lowest BCUT2D eigenvalue weighted by molar-refractivity contribution is -0.000990. The predicted molar refractivity (Wildman–Crippen MR) is 107 cm³/mol. The van der Waals surface area contributed by atoms with Crippen LogP contribution in [0.2, 0.25) is 0 Å². The van der Waals surface area contributed by atoms with Crippen LogP contribution in [0.3, 0.4) is 0 Å². The summed E-state index contributed by atoms with van der Waals surface area (Å²) in [6.45, 7) is -0.308. The summed E-state index contributed by atoms with van der Waals surface area (Å²) in [7, 11) is -4.13. The van der Waals surface area contributed by atoms with Crippen molar-refractivity contribution in [3.05, 3.63) is 54.2 Å². The van der Waals surface area contributed by atoms with Crippen molar-refractivity contribution in [3.63, 3.8) is 0 Å². The van der Waals surface area contributed by atoms with Gasteiger partial charge in [-0.3, -0.25) is 4.18 Å². The average molecular weight is 433 g/mol. The van der Waals surface area contributed by atoms with Crippen molar-refractivity contribution < 1.29 is 22.8 Å². The van der Waals surface area contributed by atoms with E-state index in [1.165, 1.54) is 11.9 Å². The highest BCUT2D eigenvalue weighted by molar-refractivity contribution is 7.84. The second-order valence-electron chi connectivity index (χ2n) is 7.45. The molecule has 30 heavy (non-hydrogen) atoms. The van der Waals surface area contributed by atoms with Gasteiger partial charge in [-0.05, 0) is 24.8 Å². The third-order valence-corrected chi connectivity index (χ3v) is 5.97. The fourth-order valence-corrected chi connectivity index (χ4v) is 4.32. The maximum Gasteiger partial charge on any atom is 0.333 e. The molecular weight excluding hydrogens is 410 g/mol. The van der Waals surface area contributed by atoms with Crippen molar-refractivity contribution >= 4 is 21.5 Å². The number of imidazole rings is 1. The van der Waals surface area contributed by atoms with Gasteiger partial charge in [0.05, 0.1) is 30.8 Å². The van der Waals surface area contributed by atoms with Gasteiger partial charge in [-0.25, -0.2) is 20.1 Å². The molecule has 1 unspecified atom stereocenters. The van der Waals surface area contributed by atoms with Crippen LogP contribution in [0.1, 0.15) is 23.7 Å². The van der Waals surface area contributed by atoms with Gasteiger partial charge in [-0.2, -0.15) is 8.42 Å². The van der Waals surface area contributed by atoms with Gasteiger partial charge < -0.3 is 14.8 Å². The number of rotatable bonds is 7. The Morgan fingerprint density at radius 3 is 2.60 bits per heavy atom. The average Bonchev–Trinajstić information content (AvgIpc) is 3.27. The van der Waals surface area contributed by atoms with Gasteiger partial charge in [0, 0.05) is 5.92 Å². The summed E-state index contributed by atoms with van der Waals surface area (Å²) >= 11 is 0. The number of hydrogen-bond acceptors (Lipinski definition) is 8. The topological polar surface area (TPSA) is 153 Å². The Bertz CT molecular complexity index is 1120. The van der Waals surface area contributed by atoms with Crippen LogP contribution in [0.4, 0.5) is 0 Å². The molecule has 3 aromatic rings. The first-order chi connectivity index (χ1) is 14.3. The first-order valence-corrected chi connectivity index (χ1v) is 11.0. The third-order valence-electron chi connectivity index (χ3n) is 5.50. The summed E-state index contributed by atoms with van der Waals surface area (Å²) in [6, 6.07) is 9.52. The minimum absolute atomic E-state index is 0.284. The number of aliphatic hydroxyl groups is 2. The van der Waals surface area contributed by atoms with E-state index in [1.54, 1.807) is 10.9 Å². The molecule has 4 atom stereocenters. The van der Waals surface area contributed by atoms with Crippen LogP contribution >= 0.6 is 0 Å². The highest BCUT2D eigenvalue weighted by atomic mass is 32.2. The van der Waals surface area contributed by atoms with E-state index in [4.69, 9.17) is 5.14 Å². The molecule has 11 heteroatoms. The first kappa shape index (κ1) is 20.8. The normalized spacial score (nSPS) is 24.5. The molecular formula is C19H23N5O5S. The Hall–Kier alpha value is -2.44. The van der Waals surface area contributed by atoms with Gasteiger partial charge in [-0.15, -0.1) is 0 Å². The van der Waals surface area contributed by atoms with Crippen LogP contribution < -0.4 is 5.14 Å². The summed E-state index contributed by atoms with van der Waals surface area (Å²) in [5, 5.41) is 25.7. The molecule has 0 aliphatic heterocycles. The van der Waals surface area contributed by atoms with Gasteiger partial charge in [0.1, 0.15) is 17.9 Å². The molecule has 1 aliphatic carbocycles. The Morgan fingerprint density at radius 1 is 1.10 bits per heavy atom. The second-order valence-corrected chi connectivity index (χ2v) is 8.67. The summed E-state index contributed by atoms with van der Waals surface area (Å²) in [5.74, 6) is -0.597. The van der Waals surface area contributed by atoms with Crippen molar-refractivity contribution in [3.8, 4) is 0 Å². The molecule has 10 nitrogen and oxygen atoms in total. The van der Waals surface area contributed by atoms with E-state index in [0.717, 1.165) is 12.1 Å². The van der Waals surface area contributed by atoms with Crippen LogP contribution in [0.5, 0.6) is 0 Å². The van der Waals surface area contributed by atoms with Gasteiger partial charge >= 0.3 is 10.3 Å². The minimum atomic E-state index is -4.13. The highest BCUT2D eigenvalue weighted by Gasteiger charge is 2.43. The molecule has 0 radical (unpaired) electrons. The second kappa shape index (κ2) is 8.36. The lowest BCUT2D eigenvalue weighted by Gasteiger charge is -2.18. The molecule has 160 valence electrons. The Morgan fingerprint density at radius 2 is 1.87 bits per heavy atom. The molecule has 0 saturated heterocycles. The number of fused-ring (bicyclic) bond motifs is 1. The molecule has 1 aliphatic rings. The molecule has 1 saturated carbocycles. The quantitative estimate of drug-likeness (QED) is 0.475. The van der Waals surface area contributed by atoms with E-state index in [2.05, 4.69) is 31.3 Å². The summed E-state index contributed by atoms with van der Waals surface area (Å²) < 4.78 is 28.4. The molecule has 0 spiro atoms. The number of hydrogen-bond donors (Lipinski definition) is 3. The largest absolute Gasteiger partial charge is 0.390 e. The Balaban J connectivity index is 1.55. The van der Waals surface area contributed by atoms with Gasteiger partial charge in [0.25, 0.3) is 0 Å². The summed E-state index contributed by atoms with van der Waals surface area (Å²) in [5.41, 5.74) is 3.18. The molecule has 2 heterocycles. The molecule has 0 amide bonds. The van der Waals surface area contributed by atoms with Crippen molar-refractivity contribution in [1.29, 1.82) is 0 Å². The zero-order valence-electron chi connectivity index (χ0n) is 16.1. The zero-order valence-corrected chi connectivity index (χ0v) is 16.9. The van der Waals surface area contributed by atoms with Gasteiger partial charge in [-0.1, -0.05) is 30.3 Å². The molecule has 4 N–H and O–H groups in total. The maximum absolute atomic E-state index is 11.0. The molecule has 2 aromatic heterocycles. The van der Waals surface area contributed by atoms with E-state index < -0.39 is 34.5 Å². The highest BCUT2D eigenvalue weighted by Crippen LogP contribution is 2.37. The standard InChI is InChI=1S/C19H23N5O5S/c20-30(27,28)29-9-13-8-15(18(26)17(13)25)24-11-23-16-14(21-10-22-19(16)24)7-6-12-4-2-1-3-5-12/h1-5,10-11,13,15,17-18,25-26H,6-9H2,(H2,20,27,28)/t13?,15-,17-,18+/m1/s1. The first-order valence-electron chi connectivity index (χ1n) is 9.57. The number of aromatic nitrogens is 4. The lowest BCUT2D eigenvalue weighted by atomic mass is 10.1. The zero-order chi connectivity index (χ0) is 21.3. The van der Waals surface area contributed by atoms with Crippen molar-refractivity contribution in [2.45, 2.75) is 37.5 Å². The van der Waals surface area contributed by atoms with Crippen LogP contribution in [0.15, 0.2) is 43.0 Å². The number of aryl methyl sites for hydroxylation is 2. The Labute approximate surface area is 173 Å². The van der Waals surface area contributed by atoms with Crippen molar-refractivity contribution in [1.82, 2.24) is 19.5 Å². The lowest BCUT2D eigenvalue weighted by Crippen LogP contribution is -2.31. The summed E-state index contributed by atoms with van der Waals surface area (Å²) in [4.78, 5) is 13.1. The van der Waals surface area contributed by atoms with E-state index in [1.807, 2.05) is 18.2 Å². The predicted octanol–water partition coefficient (Wildman–Crippen LogP) is 0.114. The van der Waals surface area contributed by atoms with E-state index in [-0.39, 0.29) is 13.0 Å². The van der Waals surface area contributed by atoms with Crippen LogP contribution in [-0.2, 0) is 27.3 Å². The molecule has 4 rings (SSSR count). The SMILES string of the molecule is NS(=O)(=O)OCC1C[C@@H](n2cnc3c(CCc4ccccc4)ncnc32)[C@H](O)[C@@H]1O. The van der Waals surface area contributed by atoms with E-state index in [9.17, 15) is 18.6 Å². The fourth-order valence-electron chi connectivity index (χ4n) is 3.96. The monoisotopic (exact) mass is 433 g/mol. The smallest absolute Gasteiger partial charge is 0.333 e. The molecule has 1 aromatic carbocycles. The summed E-state index contributed by atoms with van der Waals surface area (Å²) in [6.07, 6.45) is 2.51. The van der Waals surface area contributed by atoms with Crippen LogP contribution in [-0.4, -0.2) is 57.0 Å². The molecule has 1 fully saturated rings. The van der Waals surface area contributed by atoms with Crippen molar-refractivity contribution in [2.75, 3.05) is 6.61 Å². The van der Waals surface area contributed by atoms with Gasteiger partial charge in [0.2, 0.25) is 0 Å². The van der Waals surface area contributed by atoms with Crippen LogP contribution in [0, 0.1) is 5.92 Å². The van der Waals surface area contributed by atoms with Crippen molar-refractivity contribution in [2.24, 2.45) is 11.1 Å². The van der Waals surface area contributed by atoms with Gasteiger partial charge in [0.15, 0.2) is 5.65 Å². The van der Waals surface area contributed by atoms with E-state index >= 15 is 0 Å². The Kier molecular flexibility index (Phi) is 5.80. The third kappa shape index (κ3) is 4.35. The minimum Gasteiger partial charge on any atom is -0.390 e. The van der Waals surface area contributed by atoms with Crippen LogP contribution in [0.25, 0.3) is 11.2 Å². The molecule has 0 bridgehead atoms.